The fraction of sp³-hybridized carbons (Fsp3) is 0.541. The third-order valence-corrected chi connectivity index (χ3v) is 12.6. The Labute approximate surface area is 303 Å². The van der Waals surface area contributed by atoms with Gasteiger partial charge in [0.2, 0.25) is 0 Å². The highest BCUT2D eigenvalue weighted by Crippen LogP contribution is 2.50. The second-order valence-electron chi connectivity index (χ2n) is 15.3. The van der Waals surface area contributed by atoms with E-state index in [-0.39, 0.29) is 80.1 Å². The molecule has 12 nitrogen and oxygen atoms in total. The molecule has 4 fully saturated rings. The van der Waals surface area contributed by atoms with E-state index in [1.165, 1.54) is 0 Å². The number of hydrogen-bond donors (Lipinski definition) is 2. The number of β-amino-alcohol motifs (C(OH)–C–C–N with tert-alkyl or cyclic N) is 1. The van der Waals surface area contributed by atoms with Crippen molar-refractivity contribution in [3.8, 4) is 29.4 Å². The number of nitriles is 2. The van der Waals surface area contributed by atoms with E-state index in [0.717, 1.165) is 87.9 Å². The highest BCUT2D eigenvalue weighted by atomic mass is 32.1. The van der Waals surface area contributed by atoms with E-state index in [1.807, 2.05) is 0 Å². The summed E-state index contributed by atoms with van der Waals surface area (Å²) in [6, 6.07) is 4.73. The average molecular weight is 728 g/mol. The van der Waals surface area contributed by atoms with Gasteiger partial charge in [0.15, 0.2) is 11.6 Å². The monoisotopic (exact) mass is 727 g/mol. The number of fused-ring (bicyclic) bond motifs is 6. The smallest absolute Gasteiger partial charge is 0.319 e. The van der Waals surface area contributed by atoms with Crippen LogP contribution in [0.1, 0.15) is 55.7 Å². The largest absolute Gasteiger partial charge is 0.463 e. The molecule has 3 aromatic heterocycles. The third kappa shape index (κ3) is 5.53. The zero-order valence-electron chi connectivity index (χ0n) is 28.9. The number of nitrogen functional groups attached to an aromatic ring is 1. The molecule has 270 valence electrons. The van der Waals surface area contributed by atoms with E-state index in [1.54, 1.807) is 6.92 Å². The van der Waals surface area contributed by atoms with Crippen LogP contribution in [0.15, 0.2) is 6.20 Å². The second kappa shape index (κ2) is 12.7. The molecule has 2 unspecified atom stereocenters. The summed E-state index contributed by atoms with van der Waals surface area (Å²) in [6.45, 7) is 6.96. The number of ether oxygens (including phenoxy) is 2. The lowest BCUT2D eigenvalue weighted by Gasteiger charge is -2.42. The zero-order valence-corrected chi connectivity index (χ0v) is 29.7. The van der Waals surface area contributed by atoms with Gasteiger partial charge in [0.25, 0.3) is 0 Å². The number of nitrogens with two attached hydrogens (primary N) is 1. The molecule has 3 N–H and O–H groups in total. The van der Waals surface area contributed by atoms with Gasteiger partial charge in [-0.3, -0.25) is 9.88 Å². The van der Waals surface area contributed by atoms with Crippen LogP contribution < -0.4 is 15.4 Å². The molecule has 0 amide bonds. The minimum Gasteiger partial charge on any atom is -0.463 e. The number of benzene rings is 1. The summed E-state index contributed by atoms with van der Waals surface area (Å²) in [5.74, 6) is -0.647. The van der Waals surface area contributed by atoms with Crippen LogP contribution in [0.3, 0.4) is 0 Å². The number of aromatic nitrogens is 3. The fourth-order valence-electron chi connectivity index (χ4n) is 9.04. The first-order valence-electron chi connectivity index (χ1n) is 18.0. The number of likely N-dealkylation sites (tertiary alicyclic amines) is 2. The number of aliphatic hydroxyl groups is 1. The zero-order chi connectivity index (χ0) is 35.9. The highest BCUT2D eigenvalue weighted by Gasteiger charge is 2.47. The molecule has 7 heterocycles. The molecule has 52 heavy (non-hydrogen) atoms. The van der Waals surface area contributed by atoms with Gasteiger partial charge in [0.05, 0.1) is 65.5 Å². The Kier molecular flexibility index (Phi) is 8.21. The predicted molar refractivity (Wildman–Crippen MR) is 190 cm³/mol. The number of nitrogens with zero attached hydrogens (tertiary/aromatic N) is 8. The molecule has 0 spiro atoms. The Morgan fingerprint density at radius 3 is 2.56 bits per heavy atom. The van der Waals surface area contributed by atoms with Crippen molar-refractivity contribution in [2.75, 3.05) is 56.5 Å². The van der Waals surface area contributed by atoms with Gasteiger partial charge in [0, 0.05) is 61.2 Å². The molecular formula is C37H39F2N9O3S. The van der Waals surface area contributed by atoms with Crippen molar-refractivity contribution in [2.24, 2.45) is 11.3 Å². The Morgan fingerprint density at radius 1 is 1.10 bits per heavy atom. The van der Waals surface area contributed by atoms with Gasteiger partial charge in [-0.25, -0.2) is 8.78 Å². The van der Waals surface area contributed by atoms with Crippen LogP contribution in [-0.2, 0) is 18.0 Å². The van der Waals surface area contributed by atoms with Crippen molar-refractivity contribution in [3.05, 3.63) is 34.5 Å². The van der Waals surface area contributed by atoms with Crippen molar-refractivity contribution in [1.82, 2.24) is 24.8 Å². The molecule has 4 atom stereocenters. The van der Waals surface area contributed by atoms with Crippen LogP contribution in [0.25, 0.3) is 32.2 Å². The summed E-state index contributed by atoms with van der Waals surface area (Å²) in [4.78, 5) is 21.1. The maximum Gasteiger partial charge on any atom is 0.319 e. The summed E-state index contributed by atoms with van der Waals surface area (Å²) in [5.41, 5.74) is 7.72. The Hall–Kier alpha value is -4.25. The molecule has 15 heteroatoms. The van der Waals surface area contributed by atoms with Gasteiger partial charge >= 0.3 is 6.01 Å². The first kappa shape index (κ1) is 33.6. The first-order valence-corrected chi connectivity index (χ1v) is 18.8. The van der Waals surface area contributed by atoms with E-state index in [4.69, 9.17) is 25.2 Å². The quantitative estimate of drug-likeness (QED) is 0.245. The van der Waals surface area contributed by atoms with Crippen molar-refractivity contribution in [3.63, 3.8) is 0 Å². The number of thiophene rings is 1. The van der Waals surface area contributed by atoms with Gasteiger partial charge in [-0.15, -0.1) is 11.3 Å². The van der Waals surface area contributed by atoms with Crippen molar-refractivity contribution < 1.29 is 23.4 Å². The van der Waals surface area contributed by atoms with Crippen molar-refractivity contribution in [1.29, 1.82) is 10.5 Å². The van der Waals surface area contributed by atoms with Crippen LogP contribution in [0.2, 0.25) is 0 Å². The molecule has 1 aromatic carbocycles. The summed E-state index contributed by atoms with van der Waals surface area (Å²) < 4.78 is 45.2. The molecule has 1 saturated carbocycles. The number of rotatable bonds is 9. The summed E-state index contributed by atoms with van der Waals surface area (Å²) in [7, 11) is 0. The molecular weight excluding hydrogens is 689 g/mol. The van der Waals surface area contributed by atoms with Crippen LogP contribution in [0.5, 0.6) is 6.01 Å². The molecule has 1 aliphatic carbocycles. The number of aliphatic hydroxyl groups excluding tert-OH is 1. The number of anilines is 2. The topological polar surface area (TPSA) is 161 Å². The van der Waals surface area contributed by atoms with E-state index in [9.17, 15) is 15.6 Å². The van der Waals surface area contributed by atoms with Gasteiger partial charge in [-0.05, 0) is 56.7 Å². The number of hydrogen-bond acceptors (Lipinski definition) is 13. The van der Waals surface area contributed by atoms with Gasteiger partial charge in [0.1, 0.15) is 22.4 Å². The number of halogens is 2. The lowest BCUT2D eigenvalue weighted by molar-refractivity contribution is 0.111. The fourth-order valence-corrected chi connectivity index (χ4v) is 9.96. The van der Waals surface area contributed by atoms with Crippen molar-refractivity contribution >= 4 is 43.1 Å². The minimum absolute atomic E-state index is 0.0500. The van der Waals surface area contributed by atoms with Gasteiger partial charge in [-0.1, -0.05) is 0 Å². The Bertz CT molecular complexity index is 2180. The standard InChI is InChI=1S/C37H39F2N9O3S/c1-19(49)11-47-13-21-2-3-22(14-47)48(21)35-29-25-16-50-15-24(25)27(31-28-23(9-41)34(42)52-33(28)26(38)10-43-31)30(39)32(29)44-36(45-35)51-18-37(5-6-37)17-46-7-4-20(8-40)12-46/h10,19-22,49H,2-7,11-18,42H2,1H3/t19-,20+,21?,22?/m1/s1. The summed E-state index contributed by atoms with van der Waals surface area (Å²) in [6.07, 6.45) is 5.28. The van der Waals surface area contributed by atoms with Crippen LogP contribution in [-0.4, -0.2) is 93.9 Å². The average Bonchev–Trinajstić information content (AvgIpc) is 3.46. The third-order valence-electron chi connectivity index (χ3n) is 11.6. The van der Waals surface area contributed by atoms with E-state index < -0.39 is 17.7 Å². The van der Waals surface area contributed by atoms with Gasteiger partial charge < -0.3 is 30.1 Å². The SMILES string of the molecule is C[C@@H](O)CN1CC2CCC(C1)N2c1nc(OCC2(CN3CC[C@@H](C#N)C3)CC2)nc2c(F)c(-c3ncc(F)c4sc(N)c(C#N)c34)c3c(c12)COC3. The summed E-state index contributed by atoms with van der Waals surface area (Å²) >= 11 is 0.939. The molecule has 5 aliphatic rings. The van der Waals surface area contributed by atoms with Crippen molar-refractivity contribution in [2.45, 2.75) is 70.4 Å². The van der Waals surface area contributed by atoms with Gasteiger partial charge in [-0.2, -0.15) is 20.5 Å². The minimum atomic E-state index is -0.664. The Morgan fingerprint density at radius 2 is 1.87 bits per heavy atom. The molecule has 9 rings (SSSR count). The summed E-state index contributed by atoms with van der Waals surface area (Å²) in [5, 5.41) is 30.5. The molecule has 4 aliphatic heterocycles. The van der Waals surface area contributed by atoms with Crippen LogP contribution in [0.4, 0.5) is 19.6 Å². The molecule has 3 saturated heterocycles. The normalized spacial score (nSPS) is 24.3. The van der Waals surface area contributed by atoms with E-state index >= 15 is 8.78 Å². The lowest BCUT2D eigenvalue weighted by Crippen LogP contribution is -2.55. The predicted octanol–water partition coefficient (Wildman–Crippen LogP) is 4.71. The van der Waals surface area contributed by atoms with Crippen LogP contribution in [0, 0.1) is 45.6 Å². The lowest BCUT2D eigenvalue weighted by atomic mass is 9.93. The first-order chi connectivity index (χ1) is 25.2. The number of piperazine rings is 1. The van der Waals surface area contributed by atoms with E-state index in [0.29, 0.717) is 29.9 Å². The molecule has 4 aromatic rings. The Balaban J connectivity index is 1.18. The maximum absolute atomic E-state index is 17.5. The van der Waals surface area contributed by atoms with E-state index in [2.05, 4.69) is 31.8 Å². The maximum atomic E-state index is 17.5. The highest BCUT2D eigenvalue weighted by molar-refractivity contribution is 7.23. The number of pyridine rings is 1. The second-order valence-corrected chi connectivity index (χ2v) is 16.4. The van der Waals surface area contributed by atoms with Crippen LogP contribution >= 0.6 is 11.3 Å². The molecule has 0 radical (unpaired) electrons. The molecule has 2 bridgehead atoms.